The zero-order chi connectivity index (χ0) is 18.5. The van der Waals surface area contributed by atoms with Crippen LogP contribution in [-0.2, 0) is 6.42 Å². The Kier molecular flexibility index (Phi) is 5.78. The number of hydrogen-bond acceptors (Lipinski definition) is 4. The third kappa shape index (κ3) is 4.55. The monoisotopic (exact) mass is 365 g/mol. The molecule has 0 bridgehead atoms. The van der Waals surface area contributed by atoms with Gasteiger partial charge in [-0.15, -0.1) is 11.3 Å². The minimum atomic E-state index is -0.140. The van der Waals surface area contributed by atoms with Crippen LogP contribution < -0.4 is 5.32 Å². The quantitative estimate of drug-likeness (QED) is 0.676. The minimum absolute atomic E-state index is 0.0748. The standard InChI is InChI=1S/C21H23N3OS/c1-14(2)12-16-4-6-18(7-5-16)20(25)23-15(3)21-24-19(13-26-21)17-8-10-22-11-9-17/h4-11,13-15H,12H2,1-3H3,(H,23,25). The van der Waals surface area contributed by atoms with E-state index in [1.807, 2.05) is 48.7 Å². The van der Waals surface area contributed by atoms with Crippen molar-refractivity contribution in [1.29, 1.82) is 0 Å². The molecule has 1 N–H and O–H groups in total. The van der Waals surface area contributed by atoms with Gasteiger partial charge in [-0.25, -0.2) is 4.98 Å². The molecule has 1 amide bonds. The number of carbonyl (C=O) groups is 1. The maximum absolute atomic E-state index is 12.5. The number of thiazole rings is 1. The van der Waals surface area contributed by atoms with E-state index in [-0.39, 0.29) is 11.9 Å². The van der Waals surface area contributed by atoms with Gasteiger partial charge in [-0.2, -0.15) is 0 Å². The highest BCUT2D eigenvalue weighted by Crippen LogP contribution is 2.25. The molecular formula is C21H23N3OS. The van der Waals surface area contributed by atoms with Crippen molar-refractivity contribution in [2.75, 3.05) is 0 Å². The van der Waals surface area contributed by atoms with Gasteiger partial charge in [-0.1, -0.05) is 26.0 Å². The molecule has 0 aliphatic carbocycles. The van der Waals surface area contributed by atoms with Crippen LogP contribution in [0.5, 0.6) is 0 Å². The second kappa shape index (κ2) is 8.23. The van der Waals surface area contributed by atoms with Crippen molar-refractivity contribution in [3.63, 3.8) is 0 Å². The summed E-state index contributed by atoms with van der Waals surface area (Å²) in [5.41, 5.74) is 3.87. The molecule has 0 spiro atoms. The van der Waals surface area contributed by atoms with E-state index in [9.17, 15) is 4.79 Å². The molecule has 3 rings (SSSR count). The number of benzene rings is 1. The van der Waals surface area contributed by atoms with Crippen molar-refractivity contribution >= 4 is 17.2 Å². The van der Waals surface area contributed by atoms with Crippen LogP contribution >= 0.6 is 11.3 Å². The van der Waals surface area contributed by atoms with Crippen LogP contribution in [0.2, 0.25) is 0 Å². The molecule has 0 saturated carbocycles. The average Bonchev–Trinajstić information content (AvgIpc) is 3.13. The maximum atomic E-state index is 12.5. The van der Waals surface area contributed by atoms with Crippen molar-refractivity contribution in [3.8, 4) is 11.3 Å². The molecular weight excluding hydrogens is 342 g/mol. The fraction of sp³-hybridized carbons (Fsp3) is 0.286. The zero-order valence-electron chi connectivity index (χ0n) is 15.3. The Balaban J connectivity index is 1.65. The van der Waals surface area contributed by atoms with Crippen LogP contribution in [0.1, 0.15) is 47.7 Å². The van der Waals surface area contributed by atoms with Gasteiger partial charge in [0.25, 0.3) is 5.91 Å². The van der Waals surface area contributed by atoms with Crippen molar-refractivity contribution in [2.24, 2.45) is 5.92 Å². The Labute approximate surface area is 158 Å². The van der Waals surface area contributed by atoms with Gasteiger partial charge < -0.3 is 5.32 Å². The molecule has 2 heterocycles. The molecule has 5 heteroatoms. The third-order valence-corrected chi connectivity index (χ3v) is 5.10. The molecule has 0 aliphatic rings. The smallest absolute Gasteiger partial charge is 0.251 e. The lowest BCUT2D eigenvalue weighted by molar-refractivity contribution is 0.0940. The lowest BCUT2D eigenvalue weighted by Gasteiger charge is -2.12. The molecule has 1 aromatic carbocycles. The molecule has 1 atom stereocenters. The Morgan fingerprint density at radius 3 is 2.42 bits per heavy atom. The van der Waals surface area contributed by atoms with Crippen LogP contribution in [0.4, 0.5) is 0 Å². The van der Waals surface area contributed by atoms with Crippen LogP contribution in [0.15, 0.2) is 54.2 Å². The van der Waals surface area contributed by atoms with Crippen LogP contribution in [0.3, 0.4) is 0 Å². The Morgan fingerprint density at radius 2 is 1.77 bits per heavy atom. The molecule has 0 saturated heterocycles. The topological polar surface area (TPSA) is 54.9 Å². The van der Waals surface area contributed by atoms with E-state index in [2.05, 4.69) is 29.1 Å². The highest BCUT2D eigenvalue weighted by atomic mass is 32.1. The first-order valence-corrected chi connectivity index (χ1v) is 9.66. The zero-order valence-corrected chi connectivity index (χ0v) is 16.1. The molecule has 2 aromatic heterocycles. The number of rotatable bonds is 6. The largest absolute Gasteiger partial charge is 0.343 e. The van der Waals surface area contributed by atoms with Crippen LogP contribution in [0, 0.1) is 5.92 Å². The van der Waals surface area contributed by atoms with Gasteiger partial charge in [0.15, 0.2) is 0 Å². The second-order valence-electron chi connectivity index (χ2n) is 6.80. The predicted octanol–water partition coefficient (Wildman–Crippen LogP) is 4.89. The van der Waals surface area contributed by atoms with Crippen molar-refractivity contribution in [2.45, 2.75) is 33.2 Å². The fourth-order valence-electron chi connectivity index (χ4n) is 2.75. The number of aromatic nitrogens is 2. The van der Waals surface area contributed by atoms with Gasteiger partial charge in [0.2, 0.25) is 0 Å². The SMILES string of the molecule is CC(C)Cc1ccc(C(=O)NC(C)c2nc(-c3ccncc3)cs2)cc1. The molecule has 4 nitrogen and oxygen atoms in total. The molecule has 0 fully saturated rings. The molecule has 0 radical (unpaired) electrons. The number of carbonyl (C=O) groups excluding carboxylic acids is 1. The van der Waals surface area contributed by atoms with Gasteiger partial charge in [0.05, 0.1) is 11.7 Å². The summed E-state index contributed by atoms with van der Waals surface area (Å²) >= 11 is 1.55. The van der Waals surface area contributed by atoms with Crippen molar-refractivity contribution < 1.29 is 4.79 Å². The first-order valence-electron chi connectivity index (χ1n) is 8.78. The minimum Gasteiger partial charge on any atom is -0.343 e. The first kappa shape index (κ1) is 18.3. The lowest BCUT2D eigenvalue weighted by atomic mass is 10.0. The van der Waals surface area contributed by atoms with E-state index in [4.69, 9.17) is 0 Å². The Morgan fingerprint density at radius 1 is 1.08 bits per heavy atom. The molecule has 3 aromatic rings. The van der Waals surface area contributed by atoms with E-state index in [1.165, 1.54) is 5.56 Å². The van der Waals surface area contributed by atoms with Gasteiger partial charge in [-0.3, -0.25) is 9.78 Å². The van der Waals surface area contributed by atoms with E-state index >= 15 is 0 Å². The summed E-state index contributed by atoms with van der Waals surface area (Å²) in [6.07, 6.45) is 4.53. The number of nitrogens with zero attached hydrogens (tertiary/aromatic N) is 2. The summed E-state index contributed by atoms with van der Waals surface area (Å²) in [6, 6.07) is 11.6. The highest BCUT2D eigenvalue weighted by molar-refractivity contribution is 7.10. The van der Waals surface area contributed by atoms with Gasteiger partial charge in [-0.05, 0) is 49.1 Å². The van der Waals surface area contributed by atoms with Crippen molar-refractivity contribution in [1.82, 2.24) is 15.3 Å². The molecule has 134 valence electrons. The van der Waals surface area contributed by atoms with Crippen LogP contribution in [0.25, 0.3) is 11.3 Å². The van der Waals surface area contributed by atoms with Gasteiger partial charge in [0.1, 0.15) is 5.01 Å². The van der Waals surface area contributed by atoms with E-state index in [0.717, 1.165) is 22.7 Å². The van der Waals surface area contributed by atoms with Crippen molar-refractivity contribution in [3.05, 3.63) is 70.3 Å². The Bertz CT molecular complexity index is 856. The van der Waals surface area contributed by atoms with Gasteiger partial charge in [0, 0.05) is 28.9 Å². The number of hydrogen-bond donors (Lipinski definition) is 1. The first-order chi connectivity index (χ1) is 12.5. The summed E-state index contributed by atoms with van der Waals surface area (Å²) in [6.45, 7) is 6.34. The third-order valence-electron chi connectivity index (χ3n) is 4.08. The number of nitrogens with one attached hydrogen (secondary N) is 1. The van der Waals surface area contributed by atoms with E-state index in [1.54, 1.807) is 23.7 Å². The normalized spacial score (nSPS) is 12.2. The lowest BCUT2D eigenvalue weighted by Crippen LogP contribution is -2.26. The Hall–Kier alpha value is -2.53. The molecule has 0 aliphatic heterocycles. The average molecular weight is 366 g/mol. The predicted molar refractivity (Wildman–Crippen MR) is 106 cm³/mol. The molecule has 1 unspecified atom stereocenters. The summed E-state index contributed by atoms with van der Waals surface area (Å²) in [5, 5.41) is 5.93. The van der Waals surface area contributed by atoms with Gasteiger partial charge >= 0.3 is 0 Å². The van der Waals surface area contributed by atoms with E-state index in [0.29, 0.717) is 11.5 Å². The number of pyridine rings is 1. The summed E-state index contributed by atoms with van der Waals surface area (Å²) in [4.78, 5) is 21.2. The number of amides is 1. The van der Waals surface area contributed by atoms with Crippen LogP contribution in [-0.4, -0.2) is 15.9 Å². The second-order valence-corrected chi connectivity index (χ2v) is 7.69. The molecule has 26 heavy (non-hydrogen) atoms. The summed E-state index contributed by atoms with van der Waals surface area (Å²) in [7, 11) is 0. The highest BCUT2D eigenvalue weighted by Gasteiger charge is 2.15. The summed E-state index contributed by atoms with van der Waals surface area (Å²) < 4.78 is 0. The summed E-state index contributed by atoms with van der Waals surface area (Å²) in [5.74, 6) is 0.531. The fourth-order valence-corrected chi connectivity index (χ4v) is 3.58. The van der Waals surface area contributed by atoms with E-state index < -0.39 is 0 Å². The maximum Gasteiger partial charge on any atom is 0.251 e.